The van der Waals surface area contributed by atoms with E-state index in [0.717, 1.165) is 23.0 Å². The molecule has 1 aromatic carbocycles. The Hall–Kier alpha value is -0.530. The Morgan fingerprint density at radius 1 is 1.14 bits per heavy atom. The number of rotatable bonds is 1. The smallest absolute Gasteiger partial charge is 0.0406 e. The maximum atomic E-state index is 5.88. The summed E-state index contributed by atoms with van der Waals surface area (Å²) >= 11 is 5.88. The van der Waals surface area contributed by atoms with Crippen molar-refractivity contribution in [3.63, 3.8) is 0 Å². The van der Waals surface area contributed by atoms with E-state index < -0.39 is 0 Å². The molecule has 74 valence electrons. The molecule has 2 unspecified atom stereocenters. The summed E-state index contributed by atoms with van der Waals surface area (Å²) < 4.78 is 0. The van der Waals surface area contributed by atoms with Gasteiger partial charge in [-0.3, -0.25) is 0 Å². The fraction of sp³-hybridized carbons (Fsp3) is 0.500. The Bertz CT molecular complexity index is 333. The molecule has 2 fully saturated rings. The summed E-state index contributed by atoms with van der Waals surface area (Å²) in [6, 6.07) is 9.86. The standard InChI is InChI=1S/C12H14ClN/c13-9-3-1-8(2-4-9)11-7-10-5-6-12(11)14-10/h1-4,10-12,14H,5-7H2/t10?,11-,12?/m1/s1. The Balaban J connectivity index is 1.86. The predicted octanol–water partition coefficient (Wildman–Crippen LogP) is 2.95. The van der Waals surface area contributed by atoms with Gasteiger partial charge in [0.25, 0.3) is 0 Å². The molecule has 2 aliphatic heterocycles. The molecule has 0 spiro atoms. The number of nitrogens with one attached hydrogen (secondary N) is 1. The first-order valence-electron chi connectivity index (χ1n) is 5.34. The third-order valence-electron chi connectivity index (χ3n) is 3.60. The van der Waals surface area contributed by atoms with Crippen molar-refractivity contribution in [1.82, 2.24) is 5.32 Å². The maximum Gasteiger partial charge on any atom is 0.0406 e. The molecule has 3 atom stereocenters. The van der Waals surface area contributed by atoms with Crippen LogP contribution >= 0.6 is 11.6 Å². The van der Waals surface area contributed by atoms with E-state index in [4.69, 9.17) is 11.6 Å². The first kappa shape index (κ1) is 8.75. The summed E-state index contributed by atoms with van der Waals surface area (Å²) in [6.45, 7) is 0. The Morgan fingerprint density at radius 2 is 1.93 bits per heavy atom. The highest BCUT2D eigenvalue weighted by Crippen LogP contribution is 2.39. The second-order valence-electron chi connectivity index (χ2n) is 4.44. The third kappa shape index (κ3) is 1.35. The van der Waals surface area contributed by atoms with Crippen LogP contribution in [-0.4, -0.2) is 12.1 Å². The molecule has 2 heterocycles. The van der Waals surface area contributed by atoms with Crippen LogP contribution in [0.3, 0.4) is 0 Å². The van der Waals surface area contributed by atoms with Crippen LogP contribution in [0, 0.1) is 0 Å². The molecule has 0 radical (unpaired) electrons. The Morgan fingerprint density at radius 3 is 2.50 bits per heavy atom. The lowest BCUT2D eigenvalue weighted by molar-refractivity contribution is 0.506. The zero-order valence-electron chi connectivity index (χ0n) is 8.04. The highest BCUT2D eigenvalue weighted by atomic mass is 35.5. The van der Waals surface area contributed by atoms with E-state index in [0.29, 0.717) is 0 Å². The van der Waals surface area contributed by atoms with Gasteiger partial charge in [0.05, 0.1) is 0 Å². The summed E-state index contributed by atoms with van der Waals surface area (Å²) in [5, 5.41) is 4.50. The van der Waals surface area contributed by atoms with Gasteiger partial charge in [-0.25, -0.2) is 0 Å². The number of halogens is 1. The highest BCUT2D eigenvalue weighted by Gasteiger charge is 2.39. The van der Waals surface area contributed by atoms with Gasteiger partial charge in [-0.05, 0) is 37.0 Å². The zero-order valence-corrected chi connectivity index (χ0v) is 8.80. The molecule has 14 heavy (non-hydrogen) atoms. The molecule has 0 aliphatic carbocycles. The van der Waals surface area contributed by atoms with Crippen molar-refractivity contribution in [2.75, 3.05) is 0 Å². The Kier molecular flexibility index (Phi) is 2.03. The largest absolute Gasteiger partial charge is 0.311 e. The molecule has 0 aromatic heterocycles. The van der Waals surface area contributed by atoms with Gasteiger partial charge < -0.3 is 5.32 Å². The summed E-state index contributed by atoms with van der Waals surface area (Å²) in [6.07, 6.45) is 4.03. The van der Waals surface area contributed by atoms with Gasteiger partial charge in [0.15, 0.2) is 0 Å². The van der Waals surface area contributed by atoms with Crippen molar-refractivity contribution in [2.45, 2.75) is 37.3 Å². The summed E-state index contributed by atoms with van der Waals surface area (Å²) in [5.41, 5.74) is 1.45. The minimum atomic E-state index is 0.723. The van der Waals surface area contributed by atoms with E-state index in [-0.39, 0.29) is 0 Å². The van der Waals surface area contributed by atoms with Crippen LogP contribution in [0.1, 0.15) is 30.7 Å². The topological polar surface area (TPSA) is 12.0 Å². The Labute approximate surface area is 89.5 Å². The maximum absolute atomic E-state index is 5.88. The van der Waals surface area contributed by atoms with Crippen molar-refractivity contribution in [2.24, 2.45) is 0 Å². The average Bonchev–Trinajstić information content (AvgIpc) is 2.80. The first-order chi connectivity index (χ1) is 6.83. The van der Waals surface area contributed by atoms with Crippen LogP contribution < -0.4 is 5.32 Å². The second-order valence-corrected chi connectivity index (χ2v) is 4.88. The van der Waals surface area contributed by atoms with E-state index in [9.17, 15) is 0 Å². The number of benzene rings is 1. The highest BCUT2D eigenvalue weighted by molar-refractivity contribution is 6.30. The average molecular weight is 208 g/mol. The van der Waals surface area contributed by atoms with Crippen molar-refractivity contribution in [1.29, 1.82) is 0 Å². The van der Waals surface area contributed by atoms with Crippen molar-refractivity contribution < 1.29 is 0 Å². The zero-order chi connectivity index (χ0) is 9.54. The van der Waals surface area contributed by atoms with Gasteiger partial charge in [-0.2, -0.15) is 0 Å². The lowest BCUT2D eigenvalue weighted by atomic mass is 9.84. The summed E-state index contributed by atoms with van der Waals surface area (Å²) in [5.74, 6) is 0.728. The van der Waals surface area contributed by atoms with E-state index in [1.54, 1.807) is 0 Å². The summed E-state index contributed by atoms with van der Waals surface area (Å²) in [4.78, 5) is 0. The molecule has 1 nitrogen and oxygen atoms in total. The predicted molar refractivity (Wildman–Crippen MR) is 58.8 cm³/mol. The lowest BCUT2D eigenvalue weighted by Gasteiger charge is -2.20. The number of hydrogen-bond donors (Lipinski definition) is 1. The van der Waals surface area contributed by atoms with Gasteiger partial charge in [0.1, 0.15) is 0 Å². The monoisotopic (exact) mass is 207 g/mol. The molecular weight excluding hydrogens is 194 g/mol. The van der Waals surface area contributed by atoms with Crippen LogP contribution in [0.15, 0.2) is 24.3 Å². The van der Waals surface area contributed by atoms with Crippen LogP contribution in [0.2, 0.25) is 5.02 Å². The van der Waals surface area contributed by atoms with Crippen molar-refractivity contribution in [3.05, 3.63) is 34.9 Å². The van der Waals surface area contributed by atoms with E-state index in [1.165, 1.54) is 24.8 Å². The number of hydrogen-bond acceptors (Lipinski definition) is 1. The molecule has 2 heteroatoms. The lowest BCUT2D eigenvalue weighted by Crippen LogP contribution is -2.21. The van der Waals surface area contributed by atoms with Gasteiger partial charge in [0, 0.05) is 23.0 Å². The molecule has 0 saturated carbocycles. The SMILES string of the molecule is Clc1ccc([C@H]2CC3CCC2N3)cc1. The van der Waals surface area contributed by atoms with Crippen LogP contribution in [0.4, 0.5) is 0 Å². The second kappa shape index (κ2) is 3.25. The fourth-order valence-corrected chi connectivity index (χ4v) is 3.03. The van der Waals surface area contributed by atoms with E-state index in [1.807, 2.05) is 12.1 Å². The van der Waals surface area contributed by atoms with Gasteiger partial charge in [-0.15, -0.1) is 0 Å². The number of fused-ring (bicyclic) bond motifs is 2. The molecule has 0 amide bonds. The van der Waals surface area contributed by atoms with Crippen molar-refractivity contribution >= 4 is 11.6 Å². The minimum Gasteiger partial charge on any atom is -0.311 e. The van der Waals surface area contributed by atoms with Crippen molar-refractivity contribution in [3.8, 4) is 0 Å². The van der Waals surface area contributed by atoms with Gasteiger partial charge in [0.2, 0.25) is 0 Å². The molecule has 2 bridgehead atoms. The normalized spacial score (nSPS) is 35.1. The van der Waals surface area contributed by atoms with Crippen LogP contribution in [0.25, 0.3) is 0 Å². The minimum absolute atomic E-state index is 0.723. The molecule has 1 N–H and O–H groups in total. The molecule has 3 rings (SSSR count). The van der Waals surface area contributed by atoms with Crippen LogP contribution in [0.5, 0.6) is 0 Å². The summed E-state index contributed by atoms with van der Waals surface area (Å²) in [7, 11) is 0. The molecule has 2 aliphatic rings. The molecule has 2 saturated heterocycles. The van der Waals surface area contributed by atoms with E-state index in [2.05, 4.69) is 17.4 Å². The fourth-order valence-electron chi connectivity index (χ4n) is 2.90. The first-order valence-corrected chi connectivity index (χ1v) is 5.72. The third-order valence-corrected chi connectivity index (χ3v) is 3.85. The van der Waals surface area contributed by atoms with E-state index >= 15 is 0 Å². The molecular formula is C12H14ClN. The van der Waals surface area contributed by atoms with Gasteiger partial charge in [-0.1, -0.05) is 23.7 Å². The molecule has 1 aromatic rings. The quantitative estimate of drug-likeness (QED) is 0.747. The van der Waals surface area contributed by atoms with Gasteiger partial charge >= 0.3 is 0 Å². The van der Waals surface area contributed by atoms with Crippen LogP contribution in [-0.2, 0) is 0 Å².